The largest absolute Gasteiger partial charge is 0.381 e. The smallest absolute Gasteiger partial charge is 0.226 e. The molecule has 3 fully saturated rings. The molecule has 0 unspecified atom stereocenters. The number of ether oxygens (including phenoxy) is 1. The van der Waals surface area contributed by atoms with Crippen LogP contribution >= 0.6 is 0 Å². The summed E-state index contributed by atoms with van der Waals surface area (Å²) in [4.78, 5) is 30.0. The molecule has 4 rings (SSSR count). The van der Waals surface area contributed by atoms with E-state index in [2.05, 4.69) is 16.7 Å². The van der Waals surface area contributed by atoms with Crippen molar-refractivity contribution in [3.63, 3.8) is 0 Å². The summed E-state index contributed by atoms with van der Waals surface area (Å²) >= 11 is 0. The third-order valence-electron chi connectivity index (χ3n) is 7.72. The van der Waals surface area contributed by atoms with Crippen molar-refractivity contribution in [3.05, 3.63) is 34.6 Å². The first kappa shape index (κ1) is 23.4. The lowest BCUT2D eigenvalue weighted by atomic mass is 9.89. The van der Waals surface area contributed by atoms with Gasteiger partial charge in [-0.2, -0.15) is 0 Å². The third-order valence-corrected chi connectivity index (χ3v) is 7.72. The van der Waals surface area contributed by atoms with E-state index < -0.39 is 0 Å². The molecule has 0 aromatic heterocycles. The Morgan fingerprint density at radius 2 is 1.72 bits per heavy atom. The molecule has 5 nitrogen and oxygen atoms in total. The summed E-state index contributed by atoms with van der Waals surface area (Å²) in [6.07, 6.45) is 6.23. The molecular formula is C26H37FN2O3. The average molecular weight is 445 g/mol. The third kappa shape index (κ3) is 5.40. The van der Waals surface area contributed by atoms with Gasteiger partial charge in [0, 0.05) is 63.7 Å². The van der Waals surface area contributed by atoms with Crippen molar-refractivity contribution in [2.45, 2.75) is 71.4 Å². The Balaban J connectivity index is 1.38. The number of hydrogen-bond donors (Lipinski definition) is 0. The minimum absolute atomic E-state index is 0.0289. The highest BCUT2D eigenvalue weighted by molar-refractivity contribution is 5.83. The van der Waals surface area contributed by atoms with Gasteiger partial charge in [0.2, 0.25) is 5.91 Å². The number of amides is 1. The van der Waals surface area contributed by atoms with Crippen molar-refractivity contribution in [1.82, 2.24) is 9.80 Å². The summed E-state index contributed by atoms with van der Waals surface area (Å²) in [6, 6.07) is 3.30. The Labute approximate surface area is 191 Å². The van der Waals surface area contributed by atoms with Crippen LogP contribution in [0.4, 0.5) is 4.39 Å². The predicted octanol–water partition coefficient (Wildman–Crippen LogP) is 3.90. The van der Waals surface area contributed by atoms with E-state index in [0.29, 0.717) is 32.1 Å². The second-order valence-corrected chi connectivity index (χ2v) is 9.98. The van der Waals surface area contributed by atoms with Crippen molar-refractivity contribution in [2.75, 3.05) is 32.8 Å². The molecule has 0 radical (unpaired) electrons. The Morgan fingerprint density at radius 3 is 2.41 bits per heavy atom. The van der Waals surface area contributed by atoms with E-state index >= 15 is 0 Å². The first-order chi connectivity index (χ1) is 15.4. The molecule has 1 aliphatic carbocycles. The van der Waals surface area contributed by atoms with Gasteiger partial charge in [-0.05, 0) is 68.4 Å². The molecule has 1 aromatic carbocycles. The van der Waals surface area contributed by atoms with Gasteiger partial charge in [0.1, 0.15) is 11.6 Å². The molecule has 1 atom stereocenters. The maximum Gasteiger partial charge on any atom is 0.226 e. The number of hydrogen-bond acceptors (Lipinski definition) is 4. The highest BCUT2D eigenvalue weighted by atomic mass is 19.1. The van der Waals surface area contributed by atoms with Crippen LogP contribution in [0.1, 0.15) is 62.1 Å². The van der Waals surface area contributed by atoms with Crippen LogP contribution in [-0.4, -0.2) is 60.4 Å². The molecule has 0 spiro atoms. The normalized spacial score (nSPS) is 23.6. The lowest BCUT2D eigenvalue weighted by Crippen LogP contribution is -2.54. The summed E-state index contributed by atoms with van der Waals surface area (Å²) in [5.74, 6) is 0.487. The number of rotatable bonds is 6. The van der Waals surface area contributed by atoms with Crippen LogP contribution < -0.4 is 0 Å². The zero-order chi connectivity index (χ0) is 22.7. The van der Waals surface area contributed by atoms with Gasteiger partial charge < -0.3 is 9.64 Å². The summed E-state index contributed by atoms with van der Waals surface area (Å²) < 4.78 is 19.8. The highest BCUT2D eigenvalue weighted by Crippen LogP contribution is 2.29. The fourth-order valence-corrected chi connectivity index (χ4v) is 5.65. The van der Waals surface area contributed by atoms with Crippen LogP contribution in [0.2, 0.25) is 0 Å². The number of Topliss-reactive ketones (excluding diaryl/α,β-unsaturated/α-hetero) is 1. The van der Waals surface area contributed by atoms with Crippen LogP contribution in [-0.2, 0) is 27.3 Å². The molecule has 2 heterocycles. The number of piperazine rings is 1. The van der Waals surface area contributed by atoms with Gasteiger partial charge in [-0.3, -0.25) is 14.5 Å². The van der Waals surface area contributed by atoms with E-state index in [1.54, 1.807) is 6.07 Å². The van der Waals surface area contributed by atoms with Gasteiger partial charge in [-0.25, -0.2) is 4.39 Å². The quantitative estimate of drug-likeness (QED) is 0.668. The second kappa shape index (κ2) is 10.4. The van der Waals surface area contributed by atoms with Gasteiger partial charge in [0.05, 0.1) is 0 Å². The van der Waals surface area contributed by atoms with Gasteiger partial charge >= 0.3 is 0 Å². The number of nitrogens with zero attached hydrogens (tertiary/aromatic N) is 2. The van der Waals surface area contributed by atoms with E-state index in [0.717, 1.165) is 62.0 Å². The SMILES string of the molecule is Cc1c(CC(=O)C2CCOCC2)cc(F)cc1CN1CCN(C(=O)C2CCCC2)[C@@H](C)C1. The lowest BCUT2D eigenvalue weighted by Gasteiger charge is -2.41. The standard InChI is InChI=1S/C26H37FN2O3/c1-18-16-28(9-10-29(18)26(31)21-5-3-4-6-21)17-23-14-24(27)13-22(19(23)2)15-25(30)20-7-11-32-12-8-20/h13-14,18,20-21H,3-12,15-17H2,1-2H3/t18-/m0/s1. The van der Waals surface area contributed by atoms with Crippen molar-refractivity contribution < 1.29 is 18.7 Å². The van der Waals surface area contributed by atoms with Crippen molar-refractivity contribution in [2.24, 2.45) is 11.8 Å². The van der Waals surface area contributed by atoms with Gasteiger partial charge in [-0.1, -0.05) is 12.8 Å². The summed E-state index contributed by atoms with van der Waals surface area (Å²) in [5, 5.41) is 0. The monoisotopic (exact) mass is 444 g/mol. The molecule has 0 bridgehead atoms. The fourth-order valence-electron chi connectivity index (χ4n) is 5.65. The zero-order valence-electron chi connectivity index (χ0n) is 19.6. The first-order valence-corrected chi connectivity index (χ1v) is 12.3. The highest BCUT2D eigenvalue weighted by Gasteiger charge is 2.33. The minimum Gasteiger partial charge on any atom is -0.381 e. The molecule has 176 valence electrons. The number of benzene rings is 1. The Morgan fingerprint density at radius 1 is 1.03 bits per heavy atom. The molecule has 2 aliphatic heterocycles. The van der Waals surface area contributed by atoms with Crippen LogP contribution in [0.15, 0.2) is 12.1 Å². The number of carbonyl (C=O) groups excluding carboxylic acids is 2. The van der Waals surface area contributed by atoms with Crippen LogP contribution in [0, 0.1) is 24.6 Å². The fraction of sp³-hybridized carbons (Fsp3) is 0.692. The summed E-state index contributed by atoms with van der Waals surface area (Å²) in [7, 11) is 0. The first-order valence-electron chi connectivity index (χ1n) is 12.3. The number of halogens is 1. The maximum absolute atomic E-state index is 14.5. The van der Waals surface area contributed by atoms with E-state index in [-0.39, 0.29) is 29.5 Å². The van der Waals surface area contributed by atoms with Crippen molar-refractivity contribution in [3.8, 4) is 0 Å². The Bertz CT molecular complexity index is 831. The van der Waals surface area contributed by atoms with E-state index in [4.69, 9.17) is 4.74 Å². The minimum atomic E-state index is -0.275. The molecule has 3 aliphatic rings. The number of ketones is 1. The van der Waals surface area contributed by atoms with Crippen LogP contribution in [0.3, 0.4) is 0 Å². The average Bonchev–Trinajstić information content (AvgIpc) is 3.32. The molecule has 1 aromatic rings. The number of carbonyl (C=O) groups is 2. The molecule has 2 saturated heterocycles. The van der Waals surface area contributed by atoms with Gasteiger partial charge in [-0.15, -0.1) is 0 Å². The van der Waals surface area contributed by atoms with Gasteiger partial charge in [0.25, 0.3) is 0 Å². The van der Waals surface area contributed by atoms with E-state index in [1.165, 1.54) is 18.9 Å². The van der Waals surface area contributed by atoms with Gasteiger partial charge in [0.15, 0.2) is 0 Å². The van der Waals surface area contributed by atoms with E-state index in [1.807, 2.05) is 6.92 Å². The zero-order valence-corrected chi connectivity index (χ0v) is 19.6. The predicted molar refractivity (Wildman–Crippen MR) is 122 cm³/mol. The molecule has 1 saturated carbocycles. The molecule has 6 heteroatoms. The second-order valence-electron chi connectivity index (χ2n) is 9.98. The van der Waals surface area contributed by atoms with Crippen molar-refractivity contribution in [1.29, 1.82) is 0 Å². The Hall–Kier alpha value is -1.79. The summed E-state index contributed by atoms with van der Waals surface area (Å²) in [6.45, 7) is 8.38. The lowest BCUT2D eigenvalue weighted by molar-refractivity contribution is -0.140. The van der Waals surface area contributed by atoms with Crippen LogP contribution in [0.25, 0.3) is 0 Å². The molecule has 32 heavy (non-hydrogen) atoms. The molecule has 1 amide bonds. The van der Waals surface area contributed by atoms with Crippen molar-refractivity contribution >= 4 is 11.7 Å². The maximum atomic E-state index is 14.5. The Kier molecular flexibility index (Phi) is 7.62. The summed E-state index contributed by atoms with van der Waals surface area (Å²) in [5.41, 5.74) is 2.77. The topological polar surface area (TPSA) is 49.9 Å². The molecular weight excluding hydrogens is 407 g/mol. The van der Waals surface area contributed by atoms with E-state index in [9.17, 15) is 14.0 Å². The van der Waals surface area contributed by atoms with Crippen LogP contribution in [0.5, 0.6) is 0 Å². The molecule has 0 N–H and O–H groups in total.